The molecule has 10 heteroatoms. The third-order valence-corrected chi connectivity index (χ3v) is 5.16. The first kappa shape index (κ1) is 19.3. The van der Waals surface area contributed by atoms with E-state index < -0.39 is 11.6 Å². The van der Waals surface area contributed by atoms with Gasteiger partial charge in [0, 0.05) is 12.6 Å². The van der Waals surface area contributed by atoms with Crippen LogP contribution in [0.15, 0.2) is 34.9 Å². The lowest BCUT2D eigenvalue weighted by atomic mass is 10.1. The van der Waals surface area contributed by atoms with Gasteiger partial charge in [-0.05, 0) is 36.8 Å². The van der Waals surface area contributed by atoms with E-state index in [1.807, 2.05) is 4.90 Å². The van der Waals surface area contributed by atoms with E-state index in [2.05, 4.69) is 15.5 Å². The summed E-state index contributed by atoms with van der Waals surface area (Å²) in [5.74, 6) is 0.0558. The molecule has 0 bridgehead atoms. The standard InChI is InChI=1S/C21H18F2N4O4/c1-11-24-20(31-26-11)7-14-9-29-18-6-13(22)2-3-17(18)27(14)8-12-4-15(23)21-16(5-12)25-19(28)10-30-21/h2-6,14H,7-10H2,1H3,(H,25,28)/t14-/m0/s1. The van der Waals surface area contributed by atoms with E-state index in [9.17, 15) is 13.6 Å². The van der Waals surface area contributed by atoms with E-state index in [0.29, 0.717) is 35.1 Å². The first-order valence-corrected chi connectivity index (χ1v) is 9.69. The molecule has 160 valence electrons. The lowest BCUT2D eigenvalue weighted by Crippen LogP contribution is -2.44. The van der Waals surface area contributed by atoms with Crippen LogP contribution in [-0.2, 0) is 17.8 Å². The molecule has 5 rings (SSSR count). The molecule has 0 unspecified atom stereocenters. The van der Waals surface area contributed by atoms with Crippen LogP contribution in [0.25, 0.3) is 0 Å². The average Bonchev–Trinajstić information content (AvgIpc) is 3.14. The number of anilines is 2. The summed E-state index contributed by atoms with van der Waals surface area (Å²) < 4.78 is 44.6. The van der Waals surface area contributed by atoms with Gasteiger partial charge in [-0.3, -0.25) is 4.79 Å². The molecule has 8 nitrogen and oxygen atoms in total. The number of benzene rings is 2. The Kier molecular flexibility index (Phi) is 4.68. The number of nitrogens with one attached hydrogen (secondary N) is 1. The van der Waals surface area contributed by atoms with Crippen LogP contribution in [0, 0.1) is 18.6 Å². The molecular weight excluding hydrogens is 410 g/mol. The molecule has 2 aliphatic rings. The first-order chi connectivity index (χ1) is 15.0. The molecule has 0 spiro atoms. The van der Waals surface area contributed by atoms with Gasteiger partial charge in [-0.1, -0.05) is 5.16 Å². The summed E-state index contributed by atoms with van der Waals surface area (Å²) in [5.41, 5.74) is 1.54. The fourth-order valence-corrected chi connectivity index (χ4v) is 3.82. The number of hydrogen-bond acceptors (Lipinski definition) is 7. The predicted octanol–water partition coefficient (Wildman–Crippen LogP) is 3.00. The molecular formula is C21H18F2N4O4. The summed E-state index contributed by atoms with van der Waals surface area (Å²) >= 11 is 0. The molecule has 0 saturated carbocycles. The maximum Gasteiger partial charge on any atom is 0.262 e. The van der Waals surface area contributed by atoms with Crippen molar-refractivity contribution in [2.45, 2.75) is 25.9 Å². The maximum atomic E-state index is 14.6. The smallest absolute Gasteiger partial charge is 0.262 e. The summed E-state index contributed by atoms with van der Waals surface area (Å²) in [4.78, 5) is 17.9. The minimum absolute atomic E-state index is 0.0192. The van der Waals surface area contributed by atoms with Gasteiger partial charge in [0.15, 0.2) is 24.0 Å². The Labute approximate surface area is 175 Å². The van der Waals surface area contributed by atoms with Crippen LogP contribution in [-0.4, -0.2) is 35.3 Å². The summed E-state index contributed by atoms with van der Waals surface area (Å²) in [5, 5.41) is 6.44. The van der Waals surface area contributed by atoms with Crippen LogP contribution >= 0.6 is 0 Å². The number of rotatable bonds is 4. The van der Waals surface area contributed by atoms with Crippen molar-refractivity contribution in [3.8, 4) is 11.5 Å². The van der Waals surface area contributed by atoms with Gasteiger partial charge >= 0.3 is 0 Å². The summed E-state index contributed by atoms with van der Waals surface area (Å²) in [6.45, 7) is 2.04. The maximum absolute atomic E-state index is 14.6. The van der Waals surface area contributed by atoms with Crippen molar-refractivity contribution in [3.63, 3.8) is 0 Å². The molecule has 1 aromatic heterocycles. The Morgan fingerprint density at radius 1 is 1.23 bits per heavy atom. The van der Waals surface area contributed by atoms with Crippen LogP contribution in [0.5, 0.6) is 11.5 Å². The van der Waals surface area contributed by atoms with E-state index in [-0.39, 0.29) is 43.1 Å². The Morgan fingerprint density at radius 3 is 2.90 bits per heavy atom. The Balaban J connectivity index is 1.49. The lowest BCUT2D eigenvalue weighted by molar-refractivity contribution is -0.118. The second-order valence-corrected chi connectivity index (χ2v) is 7.44. The van der Waals surface area contributed by atoms with E-state index in [1.54, 1.807) is 19.1 Å². The minimum Gasteiger partial charge on any atom is -0.489 e. The summed E-state index contributed by atoms with van der Waals surface area (Å²) in [6, 6.07) is 7.09. The van der Waals surface area contributed by atoms with Crippen molar-refractivity contribution in [2.75, 3.05) is 23.4 Å². The van der Waals surface area contributed by atoms with E-state index in [0.717, 1.165) is 0 Å². The van der Waals surface area contributed by atoms with Gasteiger partial charge in [0.1, 0.15) is 18.2 Å². The molecule has 3 heterocycles. The fourth-order valence-electron chi connectivity index (χ4n) is 3.82. The topological polar surface area (TPSA) is 89.7 Å². The number of carbonyl (C=O) groups is 1. The molecule has 2 aliphatic heterocycles. The van der Waals surface area contributed by atoms with Crippen molar-refractivity contribution in [1.29, 1.82) is 0 Å². The second-order valence-electron chi connectivity index (χ2n) is 7.44. The van der Waals surface area contributed by atoms with Gasteiger partial charge in [-0.15, -0.1) is 0 Å². The number of nitrogens with zero attached hydrogens (tertiary/aromatic N) is 3. The zero-order valence-electron chi connectivity index (χ0n) is 16.5. The highest BCUT2D eigenvalue weighted by atomic mass is 19.1. The van der Waals surface area contributed by atoms with Crippen molar-refractivity contribution in [1.82, 2.24) is 10.1 Å². The lowest BCUT2D eigenvalue weighted by Gasteiger charge is -2.38. The van der Waals surface area contributed by atoms with Gasteiger partial charge in [-0.25, -0.2) is 8.78 Å². The zero-order valence-corrected chi connectivity index (χ0v) is 16.5. The molecule has 0 saturated heterocycles. The van der Waals surface area contributed by atoms with Crippen molar-refractivity contribution < 1.29 is 27.6 Å². The number of carbonyl (C=O) groups excluding carboxylic acids is 1. The third kappa shape index (κ3) is 3.76. The highest BCUT2D eigenvalue weighted by Crippen LogP contribution is 2.38. The molecule has 2 aromatic carbocycles. The molecule has 0 fully saturated rings. The number of halogens is 2. The van der Waals surface area contributed by atoms with E-state index >= 15 is 0 Å². The Bertz CT molecular complexity index is 1170. The molecule has 31 heavy (non-hydrogen) atoms. The van der Waals surface area contributed by atoms with Crippen LogP contribution in [0.2, 0.25) is 0 Å². The van der Waals surface area contributed by atoms with E-state index in [1.165, 1.54) is 18.2 Å². The number of aromatic nitrogens is 2. The SMILES string of the molecule is Cc1noc(C[C@H]2COc3cc(F)ccc3N2Cc2cc(F)c3c(c2)NC(=O)CO3)n1. The monoisotopic (exact) mass is 428 g/mol. The molecule has 1 N–H and O–H groups in total. The Hall–Kier alpha value is -3.69. The number of ether oxygens (including phenoxy) is 2. The number of amides is 1. The quantitative estimate of drug-likeness (QED) is 0.683. The van der Waals surface area contributed by atoms with Gasteiger partial charge in [0.2, 0.25) is 5.89 Å². The highest BCUT2D eigenvalue weighted by molar-refractivity contribution is 5.95. The zero-order chi connectivity index (χ0) is 21.5. The highest BCUT2D eigenvalue weighted by Gasteiger charge is 2.31. The van der Waals surface area contributed by atoms with E-state index in [4.69, 9.17) is 14.0 Å². The average molecular weight is 428 g/mol. The van der Waals surface area contributed by atoms with Crippen LogP contribution in [0.1, 0.15) is 17.3 Å². The van der Waals surface area contributed by atoms with Crippen LogP contribution < -0.4 is 19.7 Å². The van der Waals surface area contributed by atoms with Gasteiger partial charge in [0.05, 0.1) is 23.8 Å². The minimum atomic E-state index is -0.566. The van der Waals surface area contributed by atoms with Gasteiger partial charge < -0.3 is 24.2 Å². The second kappa shape index (κ2) is 7.53. The normalized spacial score (nSPS) is 17.3. The van der Waals surface area contributed by atoms with Crippen LogP contribution in [0.4, 0.5) is 20.2 Å². The largest absolute Gasteiger partial charge is 0.489 e. The first-order valence-electron chi connectivity index (χ1n) is 9.69. The van der Waals surface area contributed by atoms with Crippen LogP contribution in [0.3, 0.4) is 0 Å². The van der Waals surface area contributed by atoms with Crippen molar-refractivity contribution in [2.24, 2.45) is 0 Å². The molecule has 1 amide bonds. The fraction of sp³-hybridized carbons (Fsp3) is 0.286. The molecule has 1 atom stereocenters. The van der Waals surface area contributed by atoms with Crippen molar-refractivity contribution >= 4 is 17.3 Å². The van der Waals surface area contributed by atoms with Gasteiger partial charge in [-0.2, -0.15) is 4.98 Å². The summed E-state index contributed by atoms with van der Waals surface area (Å²) in [6.07, 6.45) is 0.394. The molecule has 0 radical (unpaired) electrons. The number of aryl methyl sites for hydroxylation is 1. The molecule has 3 aromatic rings. The summed E-state index contributed by atoms with van der Waals surface area (Å²) in [7, 11) is 0. The van der Waals surface area contributed by atoms with Gasteiger partial charge in [0.25, 0.3) is 5.91 Å². The Morgan fingerprint density at radius 2 is 2.10 bits per heavy atom. The molecule has 0 aliphatic carbocycles. The predicted molar refractivity (Wildman–Crippen MR) is 105 cm³/mol. The third-order valence-electron chi connectivity index (χ3n) is 5.16. The number of fused-ring (bicyclic) bond motifs is 2. The van der Waals surface area contributed by atoms with Crippen molar-refractivity contribution in [3.05, 3.63) is 59.2 Å². The number of hydrogen-bond donors (Lipinski definition) is 1.